The van der Waals surface area contributed by atoms with Crippen LogP contribution in [0.15, 0.2) is 51.1 Å². The van der Waals surface area contributed by atoms with Crippen LogP contribution in [0, 0.1) is 24.7 Å². The normalized spacial score (nSPS) is 22.0. The molecule has 1 N–H and O–H groups in total. The first-order valence-corrected chi connectivity index (χ1v) is 15.0. The van der Waals surface area contributed by atoms with Gasteiger partial charge in [0.1, 0.15) is 0 Å². The first-order chi connectivity index (χ1) is 17.6. The van der Waals surface area contributed by atoms with Gasteiger partial charge in [-0.3, -0.25) is 9.36 Å². The van der Waals surface area contributed by atoms with E-state index in [0.29, 0.717) is 33.9 Å². The number of hydrogen-bond donors (Lipinski definition) is 1. The maximum atomic E-state index is 12.9. The number of aryl methyl sites for hydroxylation is 1. The van der Waals surface area contributed by atoms with Crippen LogP contribution in [0.2, 0.25) is 0 Å². The molecule has 0 saturated heterocycles. The van der Waals surface area contributed by atoms with Crippen molar-refractivity contribution in [2.24, 2.45) is 17.8 Å². The number of aromatic nitrogens is 3. The number of sulfonamides is 1. The molecule has 0 aliphatic heterocycles. The van der Waals surface area contributed by atoms with Crippen LogP contribution in [0.5, 0.6) is 0 Å². The van der Waals surface area contributed by atoms with Gasteiger partial charge in [-0.15, -0.1) is 10.2 Å². The molecule has 11 heteroatoms. The van der Waals surface area contributed by atoms with Gasteiger partial charge in [0, 0.05) is 25.8 Å². The zero-order chi connectivity index (χ0) is 26.3. The summed E-state index contributed by atoms with van der Waals surface area (Å²) in [7, 11) is -0.646. The number of carbonyl (C=O) groups excluding carboxylic acids is 1. The third kappa shape index (κ3) is 5.08. The fraction of sp³-hybridized carbons (Fsp3) is 0.500. The molecular formula is C26H33N5O4S2. The summed E-state index contributed by atoms with van der Waals surface area (Å²) in [5.41, 5.74) is 1.05. The zero-order valence-corrected chi connectivity index (χ0v) is 23.2. The topological polar surface area (TPSA) is 110 Å². The molecule has 2 aromatic heterocycles. The molecular weight excluding hydrogens is 510 g/mol. The fourth-order valence-corrected chi connectivity index (χ4v) is 7.84. The number of rotatable bonds is 9. The molecule has 9 nitrogen and oxygen atoms in total. The summed E-state index contributed by atoms with van der Waals surface area (Å²) < 4.78 is 34.2. The predicted octanol–water partition coefficient (Wildman–Crippen LogP) is 4.82. The molecule has 4 atom stereocenters. The van der Waals surface area contributed by atoms with Gasteiger partial charge in [-0.25, -0.2) is 12.7 Å². The van der Waals surface area contributed by atoms with Gasteiger partial charge in [0.05, 0.1) is 16.9 Å². The van der Waals surface area contributed by atoms with Crippen molar-refractivity contribution in [1.82, 2.24) is 19.1 Å². The largest absolute Gasteiger partial charge is 0.461 e. The Balaban J connectivity index is 1.33. The van der Waals surface area contributed by atoms with E-state index in [4.69, 9.17) is 4.42 Å². The highest BCUT2D eigenvalue weighted by Gasteiger charge is 2.43. The average molecular weight is 544 g/mol. The summed E-state index contributed by atoms with van der Waals surface area (Å²) >= 11 is 1.33. The first-order valence-electron chi connectivity index (χ1n) is 12.6. The van der Waals surface area contributed by atoms with Gasteiger partial charge in [-0.1, -0.05) is 24.2 Å². The molecule has 1 amide bonds. The Kier molecular flexibility index (Phi) is 7.21. The van der Waals surface area contributed by atoms with Gasteiger partial charge in [0.2, 0.25) is 21.8 Å². The van der Waals surface area contributed by atoms with E-state index in [0.717, 1.165) is 16.1 Å². The summed E-state index contributed by atoms with van der Waals surface area (Å²) in [6.45, 7) is 3.96. The molecule has 2 saturated carbocycles. The van der Waals surface area contributed by atoms with E-state index < -0.39 is 10.0 Å². The van der Waals surface area contributed by atoms with Crippen LogP contribution in [-0.2, 0) is 14.8 Å². The number of anilines is 1. The SMILES string of the molecule is Cc1ccc(NC(=O)CSc2nnc(-c3ccco3)n2[C@@H](C)[C@@H]2C[C@H]3CC[C@H]2C3)cc1S(=O)(=O)N(C)C. The maximum Gasteiger partial charge on any atom is 0.242 e. The highest BCUT2D eigenvalue weighted by molar-refractivity contribution is 7.99. The van der Waals surface area contributed by atoms with Crippen LogP contribution in [-0.4, -0.2) is 53.2 Å². The fourth-order valence-electron chi connectivity index (χ4n) is 5.87. The number of carbonyl (C=O) groups is 1. The highest BCUT2D eigenvalue weighted by atomic mass is 32.2. The van der Waals surface area contributed by atoms with E-state index in [2.05, 4.69) is 27.0 Å². The van der Waals surface area contributed by atoms with Gasteiger partial charge in [-0.2, -0.15) is 0 Å². The minimum Gasteiger partial charge on any atom is -0.461 e. The van der Waals surface area contributed by atoms with E-state index in [-0.39, 0.29) is 22.6 Å². The van der Waals surface area contributed by atoms with Crippen LogP contribution >= 0.6 is 11.8 Å². The molecule has 2 heterocycles. The number of thioether (sulfide) groups is 1. The standard InChI is InChI=1S/C26H33N5O4S2/c1-16-7-10-20(14-23(16)37(33,34)30(3)4)27-24(32)15-36-26-29-28-25(22-6-5-11-35-22)31(26)17(2)21-13-18-8-9-19(21)12-18/h5-7,10-11,14,17-19,21H,8-9,12-13,15H2,1-4H3,(H,27,32)/t17-,18-,19-,21-/m0/s1. The summed E-state index contributed by atoms with van der Waals surface area (Å²) in [6.07, 6.45) is 6.77. The first kappa shape index (κ1) is 26.0. The highest BCUT2D eigenvalue weighted by Crippen LogP contribution is 2.53. The molecule has 1 aromatic carbocycles. The second-order valence-electron chi connectivity index (χ2n) is 10.3. The van der Waals surface area contributed by atoms with Crippen molar-refractivity contribution in [2.75, 3.05) is 25.2 Å². The quantitative estimate of drug-likeness (QED) is 0.385. The molecule has 0 spiro atoms. The Bertz CT molecular complexity index is 1380. The molecule has 2 aliphatic carbocycles. The molecule has 5 rings (SSSR count). The van der Waals surface area contributed by atoms with Crippen molar-refractivity contribution < 1.29 is 17.6 Å². The minimum atomic E-state index is -3.62. The number of nitrogens with one attached hydrogen (secondary N) is 1. The molecule has 2 fully saturated rings. The summed E-state index contributed by atoms with van der Waals surface area (Å²) in [5, 5.41) is 12.4. The molecule has 198 valence electrons. The second kappa shape index (κ2) is 10.3. The van der Waals surface area contributed by atoms with Crippen molar-refractivity contribution in [3.05, 3.63) is 42.2 Å². The molecule has 37 heavy (non-hydrogen) atoms. The summed E-state index contributed by atoms with van der Waals surface area (Å²) in [5.74, 6) is 3.31. The Hall–Kier alpha value is -2.63. The second-order valence-corrected chi connectivity index (χ2v) is 13.4. The Morgan fingerprint density at radius 3 is 2.70 bits per heavy atom. The molecule has 2 aliphatic rings. The lowest BCUT2D eigenvalue weighted by atomic mass is 9.84. The van der Waals surface area contributed by atoms with Crippen LogP contribution < -0.4 is 5.32 Å². The van der Waals surface area contributed by atoms with Crippen molar-refractivity contribution >= 4 is 33.4 Å². The van der Waals surface area contributed by atoms with Gasteiger partial charge in [0.15, 0.2) is 10.9 Å². The van der Waals surface area contributed by atoms with Crippen molar-refractivity contribution in [3.8, 4) is 11.6 Å². The number of amides is 1. The van der Waals surface area contributed by atoms with E-state index in [1.165, 1.54) is 57.6 Å². The van der Waals surface area contributed by atoms with Crippen molar-refractivity contribution in [2.45, 2.75) is 55.6 Å². The van der Waals surface area contributed by atoms with Gasteiger partial charge in [0.25, 0.3) is 0 Å². The molecule has 3 aromatic rings. The predicted molar refractivity (Wildman–Crippen MR) is 143 cm³/mol. The Morgan fingerprint density at radius 2 is 2.05 bits per heavy atom. The summed E-state index contributed by atoms with van der Waals surface area (Å²) in [4.78, 5) is 13.0. The van der Waals surface area contributed by atoms with Gasteiger partial charge in [-0.05, 0) is 80.7 Å². The Labute approximate surface area is 222 Å². The van der Waals surface area contributed by atoms with E-state index in [1.54, 1.807) is 25.3 Å². The van der Waals surface area contributed by atoms with Gasteiger partial charge < -0.3 is 9.73 Å². The van der Waals surface area contributed by atoms with Crippen molar-refractivity contribution in [3.63, 3.8) is 0 Å². The summed E-state index contributed by atoms with van der Waals surface area (Å²) in [6, 6.07) is 8.81. The monoisotopic (exact) mass is 543 g/mol. The van der Waals surface area contributed by atoms with Gasteiger partial charge >= 0.3 is 0 Å². The number of nitrogens with zero attached hydrogens (tertiary/aromatic N) is 4. The Morgan fingerprint density at radius 1 is 1.24 bits per heavy atom. The lowest BCUT2D eigenvalue weighted by molar-refractivity contribution is -0.113. The maximum absolute atomic E-state index is 12.9. The minimum absolute atomic E-state index is 0.114. The van der Waals surface area contributed by atoms with E-state index in [1.807, 2.05) is 12.1 Å². The average Bonchev–Trinajstić information content (AvgIpc) is 3.67. The lowest BCUT2D eigenvalue weighted by Crippen LogP contribution is -2.24. The lowest BCUT2D eigenvalue weighted by Gasteiger charge is -2.30. The van der Waals surface area contributed by atoms with E-state index >= 15 is 0 Å². The van der Waals surface area contributed by atoms with Crippen LogP contribution in [0.3, 0.4) is 0 Å². The number of fused-ring (bicyclic) bond motifs is 2. The number of benzene rings is 1. The number of furan rings is 1. The van der Waals surface area contributed by atoms with Crippen molar-refractivity contribution in [1.29, 1.82) is 0 Å². The molecule has 0 radical (unpaired) electrons. The molecule has 2 bridgehead atoms. The van der Waals surface area contributed by atoms with Crippen LogP contribution in [0.1, 0.15) is 44.2 Å². The third-order valence-corrected chi connectivity index (χ3v) is 10.7. The smallest absolute Gasteiger partial charge is 0.242 e. The van der Waals surface area contributed by atoms with Crippen LogP contribution in [0.25, 0.3) is 11.6 Å². The van der Waals surface area contributed by atoms with E-state index in [9.17, 15) is 13.2 Å². The molecule has 0 unspecified atom stereocenters. The van der Waals surface area contributed by atoms with Crippen LogP contribution in [0.4, 0.5) is 5.69 Å². The number of hydrogen-bond acceptors (Lipinski definition) is 7. The zero-order valence-electron chi connectivity index (χ0n) is 21.5. The third-order valence-electron chi connectivity index (χ3n) is 7.79.